The third-order valence-corrected chi connectivity index (χ3v) is 5.58. The number of benzene rings is 2. The number of rotatable bonds is 6. The number of carbonyl (C=O) groups excluding carboxylic acids is 1. The second-order valence-electron chi connectivity index (χ2n) is 7.88. The number of aromatic nitrogens is 1. The number of halogens is 1. The lowest BCUT2D eigenvalue weighted by molar-refractivity contribution is -0.121. The van der Waals surface area contributed by atoms with Crippen molar-refractivity contribution < 1.29 is 13.7 Å². The van der Waals surface area contributed by atoms with Crippen LogP contribution in [-0.2, 0) is 11.3 Å². The molecule has 162 valence electrons. The lowest BCUT2D eigenvalue weighted by Gasteiger charge is -2.30. The maximum Gasteiger partial charge on any atom is 0.247 e. The summed E-state index contributed by atoms with van der Waals surface area (Å²) >= 11 is 0. The van der Waals surface area contributed by atoms with Gasteiger partial charge in [0, 0.05) is 37.8 Å². The molecule has 31 heavy (non-hydrogen) atoms. The van der Waals surface area contributed by atoms with Gasteiger partial charge in [-0.1, -0.05) is 53.7 Å². The molecule has 0 bridgehead atoms. The second kappa shape index (κ2) is 9.85. The van der Waals surface area contributed by atoms with Gasteiger partial charge in [0.15, 0.2) is 5.82 Å². The van der Waals surface area contributed by atoms with Crippen LogP contribution in [-0.4, -0.2) is 47.0 Å². The molecule has 7 heteroatoms. The summed E-state index contributed by atoms with van der Waals surface area (Å²) in [6.07, 6.45) is 0.897. The quantitative estimate of drug-likeness (QED) is 0.650. The van der Waals surface area contributed by atoms with Gasteiger partial charge in [0.2, 0.25) is 5.91 Å². The standard InChI is InChI=1S/C24H27FN4O2/c1-18-16-22(27-31-18)26-24(30)23(19-8-3-2-4-9-19)29-13-7-12-28(14-15-29)17-20-10-5-6-11-21(20)25/h2-6,8-11,16,23H,7,12-15,17H2,1H3,(H,26,27,30). The minimum atomic E-state index is -0.438. The molecule has 1 fully saturated rings. The average Bonchev–Trinajstić information content (AvgIpc) is 3.04. The maximum atomic E-state index is 14.1. The number of carbonyl (C=O) groups is 1. The Hall–Kier alpha value is -3.03. The summed E-state index contributed by atoms with van der Waals surface area (Å²) in [6.45, 7) is 5.46. The van der Waals surface area contributed by atoms with Crippen LogP contribution in [0.2, 0.25) is 0 Å². The highest BCUT2D eigenvalue weighted by atomic mass is 19.1. The molecule has 1 atom stereocenters. The van der Waals surface area contributed by atoms with Gasteiger partial charge in [-0.05, 0) is 31.5 Å². The smallest absolute Gasteiger partial charge is 0.247 e. The van der Waals surface area contributed by atoms with Gasteiger partial charge in [0.25, 0.3) is 0 Å². The van der Waals surface area contributed by atoms with E-state index in [4.69, 9.17) is 4.52 Å². The molecular formula is C24H27FN4O2. The molecule has 0 spiro atoms. The molecule has 1 unspecified atom stereocenters. The van der Waals surface area contributed by atoms with E-state index in [1.165, 1.54) is 6.07 Å². The molecular weight excluding hydrogens is 395 g/mol. The average molecular weight is 423 g/mol. The zero-order chi connectivity index (χ0) is 21.6. The van der Waals surface area contributed by atoms with E-state index < -0.39 is 6.04 Å². The van der Waals surface area contributed by atoms with Crippen molar-refractivity contribution >= 4 is 11.7 Å². The number of anilines is 1. The summed E-state index contributed by atoms with van der Waals surface area (Å²) in [4.78, 5) is 17.7. The summed E-state index contributed by atoms with van der Waals surface area (Å²) < 4.78 is 19.2. The monoisotopic (exact) mass is 422 g/mol. The van der Waals surface area contributed by atoms with E-state index in [2.05, 4.69) is 20.3 Å². The van der Waals surface area contributed by atoms with Gasteiger partial charge in [-0.15, -0.1) is 0 Å². The van der Waals surface area contributed by atoms with Crippen molar-refractivity contribution in [2.24, 2.45) is 0 Å². The molecule has 1 aliphatic rings. The molecule has 0 aliphatic carbocycles. The Bertz CT molecular complexity index is 1010. The highest BCUT2D eigenvalue weighted by Crippen LogP contribution is 2.25. The highest BCUT2D eigenvalue weighted by Gasteiger charge is 2.30. The molecule has 0 radical (unpaired) electrons. The zero-order valence-electron chi connectivity index (χ0n) is 17.6. The Morgan fingerprint density at radius 1 is 1.10 bits per heavy atom. The Morgan fingerprint density at radius 3 is 2.61 bits per heavy atom. The van der Waals surface area contributed by atoms with Crippen LogP contribution in [0.1, 0.15) is 29.3 Å². The number of amides is 1. The summed E-state index contributed by atoms with van der Waals surface area (Å²) in [7, 11) is 0. The molecule has 1 aliphatic heterocycles. The molecule has 1 N–H and O–H groups in total. The normalized spacial score (nSPS) is 16.6. The molecule has 6 nitrogen and oxygen atoms in total. The molecule has 1 amide bonds. The van der Waals surface area contributed by atoms with Crippen molar-refractivity contribution in [3.05, 3.63) is 83.4 Å². The van der Waals surface area contributed by atoms with Crippen LogP contribution in [0.4, 0.5) is 10.2 Å². The van der Waals surface area contributed by atoms with Crippen molar-refractivity contribution in [1.82, 2.24) is 15.0 Å². The topological polar surface area (TPSA) is 61.6 Å². The van der Waals surface area contributed by atoms with Crippen LogP contribution in [0.25, 0.3) is 0 Å². The van der Waals surface area contributed by atoms with Crippen LogP contribution in [0, 0.1) is 12.7 Å². The molecule has 4 rings (SSSR count). The molecule has 2 aromatic carbocycles. The molecule has 2 heterocycles. The third kappa shape index (κ3) is 5.37. The lowest BCUT2D eigenvalue weighted by atomic mass is 10.0. The third-order valence-electron chi connectivity index (χ3n) is 5.58. The Morgan fingerprint density at radius 2 is 1.87 bits per heavy atom. The Balaban J connectivity index is 1.49. The number of nitrogens with zero attached hydrogens (tertiary/aromatic N) is 3. The summed E-state index contributed by atoms with van der Waals surface area (Å²) in [5.41, 5.74) is 1.64. The SMILES string of the molecule is Cc1cc(NC(=O)C(c2ccccc2)N2CCCN(Cc3ccccc3F)CC2)no1. The van der Waals surface area contributed by atoms with Gasteiger partial charge in [-0.25, -0.2) is 4.39 Å². The first-order chi connectivity index (χ1) is 15.1. The molecule has 1 aromatic heterocycles. The number of hydrogen-bond donors (Lipinski definition) is 1. The van der Waals surface area contributed by atoms with Crippen LogP contribution in [0.5, 0.6) is 0 Å². The van der Waals surface area contributed by atoms with Crippen LogP contribution in [0.3, 0.4) is 0 Å². The first-order valence-corrected chi connectivity index (χ1v) is 10.6. The predicted octanol–water partition coefficient (Wildman–Crippen LogP) is 4.01. The Labute approximate surface area is 181 Å². The van der Waals surface area contributed by atoms with Crippen molar-refractivity contribution in [2.45, 2.75) is 25.9 Å². The number of nitrogens with one attached hydrogen (secondary N) is 1. The van der Waals surface area contributed by atoms with Gasteiger partial charge < -0.3 is 9.84 Å². The first kappa shape index (κ1) is 21.2. The summed E-state index contributed by atoms with van der Waals surface area (Å²) in [5, 5.41) is 6.78. The van der Waals surface area contributed by atoms with Gasteiger partial charge in [-0.3, -0.25) is 14.6 Å². The largest absolute Gasteiger partial charge is 0.360 e. The van der Waals surface area contributed by atoms with Crippen molar-refractivity contribution in [1.29, 1.82) is 0 Å². The maximum absolute atomic E-state index is 14.1. The van der Waals surface area contributed by atoms with E-state index in [9.17, 15) is 9.18 Å². The van der Waals surface area contributed by atoms with Crippen molar-refractivity contribution in [2.75, 3.05) is 31.5 Å². The lowest BCUT2D eigenvalue weighted by Crippen LogP contribution is -2.39. The molecule has 3 aromatic rings. The summed E-state index contributed by atoms with van der Waals surface area (Å²) in [6, 6.07) is 17.9. The molecule has 1 saturated heterocycles. The van der Waals surface area contributed by atoms with E-state index in [1.54, 1.807) is 19.1 Å². The predicted molar refractivity (Wildman–Crippen MR) is 117 cm³/mol. The van der Waals surface area contributed by atoms with Crippen LogP contribution < -0.4 is 5.32 Å². The number of aryl methyl sites for hydroxylation is 1. The van der Waals surface area contributed by atoms with Crippen molar-refractivity contribution in [3.63, 3.8) is 0 Å². The fraction of sp³-hybridized carbons (Fsp3) is 0.333. The van der Waals surface area contributed by atoms with Crippen LogP contribution >= 0.6 is 0 Å². The van der Waals surface area contributed by atoms with Crippen LogP contribution in [0.15, 0.2) is 65.2 Å². The van der Waals surface area contributed by atoms with E-state index in [-0.39, 0.29) is 11.7 Å². The second-order valence-corrected chi connectivity index (χ2v) is 7.88. The minimum Gasteiger partial charge on any atom is -0.360 e. The van der Waals surface area contributed by atoms with Gasteiger partial charge in [-0.2, -0.15) is 0 Å². The summed E-state index contributed by atoms with van der Waals surface area (Å²) in [5.74, 6) is 0.750. The van der Waals surface area contributed by atoms with Gasteiger partial charge in [0.1, 0.15) is 17.6 Å². The zero-order valence-corrected chi connectivity index (χ0v) is 17.6. The Kier molecular flexibility index (Phi) is 6.74. The van der Waals surface area contributed by atoms with E-state index in [0.29, 0.717) is 30.2 Å². The molecule has 0 saturated carbocycles. The van der Waals surface area contributed by atoms with E-state index >= 15 is 0 Å². The van der Waals surface area contributed by atoms with Crippen molar-refractivity contribution in [3.8, 4) is 0 Å². The minimum absolute atomic E-state index is 0.137. The van der Waals surface area contributed by atoms with Gasteiger partial charge in [0.05, 0.1) is 0 Å². The fourth-order valence-corrected chi connectivity index (χ4v) is 4.06. The van der Waals surface area contributed by atoms with E-state index in [1.807, 2.05) is 42.5 Å². The van der Waals surface area contributed by atoms with E-state index in [0.717, 1.165) is 31.6 Å². The fourth-order valence-electron chi connectivity index (χ4n) is 4.06. The highest BCUT2D eigenvalue weighted by molar-refractivity contribution is 5.94. The first-order valence-electron chi connectivity index (χ1n) is 10.6. The number of hydrogen-bond acceptors (Lipinski definition) is 5. The van der Waals surface area contributed by atoms with Gasteiger partial charge >= 0.3 is 0 Å².